The van der Waals surface area contributed by atoms with Gasteiger partial charge in [0.05, 0.1) is 0 Å². The fourth-order valence-corrected chi connectivity index (χ4v) is 2.02. The zero-order chi connectivity index (χ0) is 9.46. The third-order valence-corrected chi connectivity index (χ3v) is 3.63. The molecule has 0 amide bonds. The van der Waals surface area contributed by atoms with Crippen molar-refractivity contribution < 1.29 is 8.78 Å². The monoisotopic (exact) mass is 186 g/mol. The van der Waals surface area contributed by atoms with E-state index in [-0.39, 0.29) is 11.4 Å². The van der Waals surface area contributed by atoms with Gasteiger partial charge in [-0.05, 0) is 37.1 Å². The smallest absolute Gasteiger partial charge is 0.132 e. The first-order valence-electron chi connectivity index (χ1n) is 3.88. The Labute approximate surface area is 74.0 Å². The molecule has 0 fully saturated rings. The largest absolute Gasteiger partial charge is 0.207 e. The zero-order valence-electron chi connectivity index (χ0n) is 7.76. The molecule has 0 bridgehead atoms. The standard InChI is InChI=1S/C9H12F2Si/c1-4-5(2)9(12)8(11)6(3)7(4)10/h1-3,12H3. The molecule has 0 spiro atoms. The van der Waals surface area contributed by atoms with Crippen LogP contribution in [0, 0.1) is 32.4 Å². The first-order valence-corrected chi connectivity index (χ1v) is 4.88. The number of benzene rings is 1. The number of hydrogen-bond donors (Lipinski definition) is 0. The molecular formula is C9H12F2Si. The maximum absolute atomic E-state index is 13.2. The highest BCUT2D eigenvalue weighted by atomic mass is 28.1. The van der Waals surface area contributed by atoms with Gasteiger partial charge in [0.1, 0.15) is 11.6 Å². The summed E-state index contributed by atoms with van der Waals surface area (Å²) in [5, 5.41) is 0.686. The molecule has 0 nitrogen and oxygen atoms in total. The van der Waals surface area contributed by atoms with Crippen molar-refractivity contribution in [3.63, 3.8) is 0 Å². The van der Waals surface area contributed by atoms with E-state index in [1.807, 2.05) is 0 Å². The average Bonchev–Trinajstić information content (AvgIpc) is 2.08. The summed E-state index contributed by atoms with van der Waals surface area (Å²) < 4.78 is 26.4. The van der Waals surface area contributed by atoms with Crippen LogP contribution in [0.5, 0.6) is 0 Å². The summed E-state index contributed by atoms with van der Waals surface area (Å²) in [5.41, 5.74) is 1.50. The zero-order valence-corrected chi connectivity index (χ0v) is 9.76. The molecular weight excluding hydrogens is 174 g/mol. The van der Waals surface area contributed by atoms with Gasteiger partial charge in [0.15, 0.2) is 0 Å². The van der Waals surface area contributed by atoms with Crippen LogP contribution in [-0.2, 0) is 0 Å². The van der Waals surface area contributed by atoms with Crippen LogP contribution in [-0.4, -0.2) is 10.2 Å². The topological polar surface area (TPSA) is 0 Å². The second-order valence-electron chi connectivity index (χ2n) is 3.13. The first-order chi connectivity index (χ1) is 5.46. The number of halogens is 2. The van der Waals surface area contributed by atoms with Crippen molar-refractivity contribution >= 4 is 15.4 Å². The Hall–Kier alpha value is -0.703. The van der Waals surface area contributed by atoms with E-state index in [9.17, 15) is 8.78 Å². The van der Waals surface area contributed by atoms with Gasteiger partial charge in [0.2, 0.25) is 0 Å². The molecule has 1 aromatic rings. The molecule has 66 valence electrons. The first kappa shape index (κ1) is 9.39. The second-order valence-corrected chi connectivity index (χ2v) is 4.13. The summed E-state index contributed by atoms with van der Waals surface area (Å²) in [4.78, 5) is 0. The molecule has 1 aromatic carbocycles. The van der Waals surface area contributed by atoms with Crippen LogP contribution in [0.1, 0.15) is 16.7 Å². The van der Waals surface area contributed by atoms with Crippen molar-refractivity contribution in [3.8, 4) is 0 Å². The van der Waals surface area contributed by atoms with Crippen LogP contribution in [0.4, 0.5) is 8.78 Å². The highest BCUT2D eigenvalue weighted by Gasteiger charge is 2.13. The van der Waals surface area contributed by atoms with E-state index in [0.717, 1.165) is 5.56 Å². The highest BCUT2D eigenvalue weighted by Crippen LogP contribution is 2.16. The van der Waals surface area contributed by atoms with E-state index < -0.39 is 5.82 Å². The van der Waals surface area contributed by atoms with Crippen molar-refractivity contribution in [2.24, 2.45) is 0 Å². The van der Waals surface area contributed by atoms with E-state index in [2.05, 4.69) is 0 Å². The molecule has 0 aromatic heterocycles. The van der Waals surface area contributed by atoms with Crippen LogP contribution in [0.2, 0.25) is 0 Å². The van der Waals surface area contributed by atoms with Crippen LogP contribution >= 0.6 is 0 Å². The lowest BCUT2D eigenvalue weighted by Crippen LogP contribution is -2.18. The third-order valence-electron chi connectivity index (χ3n) is 2.44. The molecule has 0 N–H and O–H groups in total. The minimum atomic E-state index is -0.399. The van der Waals surface area contributed by atoms with Gasteiger partial charge >= 0.3 is 0 Å². The molecule has 0 unspecified atom stereocenters. The highest BCUT2D eigenvalue weighted by molar-refractivity contribution is 6.33. The van der Waals surface area contributed by atoms with Crippen LogP contribution in [0.15, 0.2) is 0 Å². The molecule has 0 saturated heterocycles. The lowest BCUT2D eigenvalue weighted by Gasteiger charge is -2.10. The number of rotatable bonds is 0. The van der Waals surface area contributed by atoms with E-state index in [1.165, 1.54) is 6.92 Å². The molecule has 3 heteroatoms. The quantitative estimate of drug-likeness (QED) is 0.528. The minimum absolute atomic E-state index is 0.156. The van der Waals surface area contributed by atoms with Gasteiger partial charge in [0.25, 0.3) is 0 Å². The van der Waals surface area contributed by atoms with Gasteiger partial charge in [-0.25, -0.2) is 8.78 Å². The summed E-state index contributed by atoms with van der Waals surface area (Å²) >= 11 is 0. The minimum Gasteiger partial charge on any atom is -0.207 e. The predicted octanol–water partition coefficient (Wildman–Crippen LogP) is 0.881. The SMILES string of the molecule is Cc1c(C)c([SiH3])c(F)c(C)c1F. The van der Waals surface area contributed by atoms with Crippen molar-refractivity contribution in [1.82, 2.24) is 0 Å². The Balaban J connectivity index is 3.60. The maximum Gasteiger partial charge on any atom is 0.132 e. The molecule has 1 rings (SSSR count). The Kier molecular flexibility index (Phi) is 2.33. The number of hydrogen-bond acceptors (Lipinski definition) is 0. The van der Waals surface area contributed by atoms with Gasteiger partial charge in [-0.3, -0.25) is 0 Å². The van der Waals surface area contributed by atoms with Gasteiger partial charge in [-0.1, -0.05) is 0 Å². The molecule has 0 saturated carbocycles. The lowest BCUT2D eigenvalue weighted by atomic mass is 10.1. The fourth-order valence-electron chi connectivity index (χ4n) is 1.27. The van der Waals surface area contributed by atoms with Crippen molar-refractivity contribution in [2.45, 2.75) is 20.8 Å². The molecule has 0 aliphatic heterocycles. The van der Waals surface area contributed by atoms with Crippen LogP contribution < -0.4 is 5.19 Å². The average molecular weight is 186 g/mol. The molecule has 0 aliphatic carbocycles. The van der Waals surface area contributed by atoms with E-state index in [4.69, 9.17) is 0 Å². The Morgan fingerprint density at radius 1 is 0.833 bits per heavy atom. The fraction of sp³-hybridized carbons (Fsp3) is 0.333. The van der Waals surface area contributed by atoms with Crippen molar-refractivity contribution in [2.75, 3.05) is 0 Å². The van der Waals surface area contributed by atoms with Crippen LogP contribution in [0.25, 0.3) is 0 Å². The van der Waals surface area contributed by atoms with E-state index >= 15 is 0 Å². The van der Waals surface area contributed by atoms with Gasteiger partial charge in [-0.15, -0.1) is 0 Å². The lowest BCUT2D eigenvalue weighted by molar-refractivity contribution is 0.565. The van der Waals surface area contributed by atoms with Crippen molar-refractivity contribution in [3.05, 3.63) is 28.3 Å². The predicted molar refractivity (Wildman–Crippen MR) is 50.1 cm³/mol. The second kappa shape index (κ2) is 2.97. The molecule has 0 heterocycles. The Morgan fingerprint density at radius 2 is 1.33 bits per heavy atom. The summed E-state index contributed by atoms with van der Waals surface area (Å²) in [7, 11) is 0.632. The summed E-state index contributed by atoms with van der Waals surface area (Å²) in [5.74, 6) is -0.758. The Morgan fingerprint density at radius 3 is 1.83 bits per heavy atom. The van der Waals surface area contributed by atoms with E-state index in [0.29, 0.717) is 21.0 Å². The maximum atomic E-state index is 13.2. The molecule has 0 radical (unpaired) electrons. The van der Waals surface area contributed by atoms with Gasteiger partial charge in [-0.2, -0.15) is 0 Å². The summed E-state index contributed by atoms with van der Waals surface area (Å²) in [6, 6.07) is 0. The molecule has 0 aliphatic rings. The molecule has 0 atom stereocenters. The van der Waals surface area contributed by atoms with Crippen molar-refractivity contribution in [1.29, 1.82) is 0 Å². The summed E-state index contributed by atoms with van der Waals surface area (Å²) in [6.07, 6.45) is 0. The van der Waals surface area contributed by atoms with Gasteiger partial charge < -0.3 is 0 Å². The third kappa shape index (κ3) is 1.18. The normalized spacial score (nSPS) is 10.8. The van der Waals surface area contributed by atoms with E-state index in [1.54, 1.807) is 13.8 Å². The summed E-state index contributed by atoms with van der Waals surface area (Å²) in [6.45, 7) is 4.94. The van der Waals surface area contributed by atoms with Crippen LogP contribution in [0.3, 0.4) is 0 Å². The molecule has 12 heavy (non-hydrogen) atoms. The Bertz CT molecular complexity index is 227. The van der Waals surface area contributed by atoms with Gasteiger partial charge in [0, 0.05) is 15.8 Å².